The number of piperazine rings is 1. The fourth-order valence-corrected chi connectivity index (χ4v) is 9.64. The van der Waals surface area contributed by atoms with Crippen LogP contribution < -0.4 is 4.31 Å². The lowest BCUT2D eigenvalue weighted by atomic mass is 9.78. The third-order valence-electron chi connectivity index (χ3n) is 10.3. The van der Waals surface area contributed by atoms with Gasteiger partial charge in [-0.1, -0.05) is 19.1 Å². The van der Waals surface area contributed by atoms with Crippen LogP contribution in [-0.4, -0.2) is 103 Å². The molecular weight excluding hydrogens is 532 g/mol. The van der Waals surface area contributed by atoms with Crippen LogP contribution in [0.15, 0.2) is 40.4 Å². The zero-order chi connectivity index (χ0) is 28.5. The highest BCUT2D eigenvalue weighted by Crippen LogP contribution is 2.51. The summed E-state index contributed by atoms with van der Waals surface area (Å²) in [7, 11) is 0.598. The smallest absolute Gasteiger partial charge is 0.352 e. The third-order valence-corrected chi connectivity index (χ3v) is 12.1. The van der Waals surface area contributed by atoms with Crippen LogP contribution in [0.5, 0.6) is 0 Å². The van der Waals surface area contributed by atoms with E-state index in [2.05, 4.69) is 14.1 Å². The lowest BCUT2D eigenvalue weighted by Crippen LogP contribution is -2.63. The maximum Gasteiger partial charge on any atom is 0.352 e. The predicted octanol–water partition coefficient (Wildman–Crippen LogP) is 1.47. The van der Waals surface area contributed by atoms with Crippen LogP contribution in [0.3, 0.4) is 0 Å². The van der Waals surface area contributed by atoms with E-state index in [-0.39, 0.29) is 17.1 Å². The zero-order valence-electron chi connectivity index (χ0n) is 23.3. The number of quaternary nitrogens is 2. The Bertz CT molecular complexity index is 1650. The average Bonchev–Trinajstić information content (AvgIpc) is 3.44. The van der Waals surface area contributed by atoms with Gasteiger partial charge in [-0.3, -0.25) is 9.10 Å². The van der Waals surface area contributed by atoms with E-state index in [9.17, 15) is 28.2 Å². The van der Waals surface area contributed by atoms with Crippen LogP contribution in [0, 0.1) is 11.8 Å². The molecule has 7 rings (SSSR count). The molecule has 40 heavy (non-hydrogen) atoms. The fraction of sp³-hybridized carbons (Fsp3) is 0.517. The van der Waals surface area contributed by atoms with Gasteiger partial charge in [0.05, 0.1) is 49.3 Å². The van der Waals surface area contributed by atoms with Crippen LogP contribution in [0.1, 0.15) is 25.0 Å². The Hall–Kier alpha value is -2.99. The summed E-state index contributed by atoms with van der Waals surface area (Å²) >= 11 is 0. The van der Waals surface area contributed by atoms with Gasteiger partial charge >= 0.3 is 5.97 Å². The highest BCUT2D eigenvalue weighted by molar-refractivity contribution is 7.93. The minimum absolute atomic E-state index is 0.147. The second kappa shape index (κ2) is 8.06. The molecule has 0 aromatic heterocycles. The number of hydrogen-bond donors (Lipinski definition) is 2. The van der Waals surface area contributed by atoms with Gasteiger partial charge in [0.2, 0.25) is 5.91 Å². The molecule has 5 aliphatic heterocycles. The molecule has 2 aromatic rings. The molecule has 0 bridgehead atoms. The summed E-state index contributed by atoms with van der Waals surface area (Å²) in [4.78, 5) is 26.7. The summed E-state index contributed by atoms with van der Waals surface area (Å²) in [6, 6.07) is 6.99. The Morgan fingerprint density at radius 3 is 2.50 bits per heavy atom. The van der Waals surface area contributed by atoms with E-state index >= 15 is 0 Å². The van der Waals surface area contributed by atoms with Crippen LogP contribution >= 0.6 is 0 Å². The minimum atomic E-state index is -3.94. The molecule has 11 heteroatoms. The molecule has 0 radical (unpaired) electrons. The van der Waals surface area contributed by atoms with E-state index < -0.39 is 45.9 Å². The second-order valence-electron chi connectivity index (χ2n) is 13.1. The van der Waals surface area contributed by atoms with Gasteiger partial charge in [0.25, 0.3) is 10.0 Å². The highest BCUT2D eigenvalue weighted by Gasteiger charge is 2.60. The van der Waals surface area contributed by atoms with Crippen molar-refractivity contribution in [2.75, 3.05) is 51.1 Å². The number of β-lactam (4-membered cyclic amide) rings is 1. The van der Waals surface area contributed by atoms with E-state index in [0.717, 1.165) is 59.2 Å². The number of nitrogens with zero attached hydrogens (tertiary/aromatic N) is 4. The molecule has 0 aliphatic carbocycles. The summed E-state index contributed by atoms with van der Waals surface area (Å²) < 4.78 is 31.3. The number of benzene rings is 2. The fourth-order valence-electron chi connectivity index (χ4n) is 7.97. The highest BCUT2D eigenvalue weighted by atomic mass is 32.2. The maximum atomic E-state index is 14.0. The van der Waals surface area contributed by atoms with E-state index in [4.69, 9.17) is 0 Å². The van der Waals surface area contributed by atoms with Crippen LogP contribution in [0.4, 0.5) is 5.69 Å². The van der Waals surface area contributed by atoms with Crippen molar-refractivity contribution in [1.82, 2.24) is 4.90 Å². The molecule has 10 nitrogen and oxygen atoms in total. The van der Waals surface area contributed by atoms with E-state index in [0.29, 0.717) is 16.6 Å². The van der Waals surface area contributed by atoms with Gasteiger partial charge < -0.3 is 24.1 Å². The number of fused-ring (bicyclic) bond motifs is 3. The van der Waals surface area contributed by atoms with Gasteiger partial charge in [0, 0.05) is 22.4 Å². The molecule has 4 atom stereocenters. The van der Waals surface area contributed by atoms with E-state index in [1.54, 1.807) is 12.1 Å². The van der Waals surface area contributed by atoms with Crippen molar-refractivity contribution in [1.29, 1.82) is 0 Å². The summed E-state index contributed by atoms with van der Waals surface area (Å²) in [6.07, 6.45) is -0.920. The van der Waals surface area contributed by atoms with Crippen molar-refractivity contribution in [3.05, 3.63) is 46.7 Å². The molecule has 5 heterocycles. The van der Waals surface area contributed by atoms with Gasteiger partial charge in [0.1, 0.15) is 45.0 Å². The first-order valence-corrected chi connectivity index (χ1v) is 15.5. The molecule has 212 valence electrons. The lowest BCUT2D eigenvalue weighted by Gasteiger charge is -2.46. The standard InChI is InChI=1S/C29H35N4O6S/c1-16-20(27(29(36)37)31-26(16)24(17(2)34)28(31)35)13-30-22-12-18-14-33(10-8-32(3,4)9-11-33)15-21(18)19-6-5-7-23(25(19)22)40(30,38)39/h5-7,12,16-17,24,26,34H,8-11,13-15H2,1-4H3/q+1/p+1/t16-,17+,24+,26+/m0/s1. The monoisotopic (exact) mass is 568 g/mol. The normalized spacial score (nSPS) is 29.6. The molecule has 2 aromatic carbocycles. The zero-order valence-corrected chi connectivity index (χ0v) is 24.1. The lowest BCUT2D eigenvalue weighted by molar-refractivity contribution is -1.03. The van der Waals surface area contributed by atoms with Gasteiger partial charge in [-0.05, 0) is 30.0 Å². The summed E-state index contributed by atoms with van der Waals surface area (Å²) in [5.41, 5.74) is 3.22. The number of carbonyl (C=O) groups is 2. The average molecular weight is 569 g/mol. The molecule has 1 amide bonds. The van der Waals surface area contributed by atoms with Crippen molar-refractivity contribution < 1.29 is 37.2 Å². The Morgan fingerprint density at radius 2 is 1.85 bits per heavy atom. The van der Waals surface area contributed by atoms with E-state index in [1.165, 1.54) is 21.7 Å². The number of aliphatic hydroxyl groups is 1. The van der Waals surface area contributed by atoms with Crippen molar-refractivity contribution in [3.8, 4) is 0 Å². The van der Waals surface area contributed by atoms with Crippen molar-refractivity contribution >= 4 is 38.4 Å². The van der Waals surface area contributed by atoms with Crippen LogP contribution in [-0.2, 0) is 32.7 Å². The number of carbonyl (C=O) groups excluding carboxylic acids is 1. The Labute approximate surface area is 233 Å². The molecule has 2 fully saturated rings. The van der Waals surface area contributed by atoms with Gasteiger partial charge in [-0.2, -0.15) is 0 Å². The van der Waals surface area contributed by atoms with Crippen molar-refractivity contribution in [3.63, 3.8) is 0 Å². The van der Waals surface area contributed by atoms with Gasteiger partial charge in [-0.25, -0.2) is 13.2 Å². The first kappa shape index (κ1) is 25.9. The summed E-state index contributed by atoms with van der Waals surface area (Å²) in [5, 5.41) is 22.0. The van der Waals surface area contributed by atoms with E-state index in [1.807, 2.05) is 19.1 Å². The van der Waals surface area contributed by atoms with Crippen molar-refractivity contribution in [2.45, 2.75) is 44.0 Å². The molecule has 0 unspecified atom stereocenters. The number of rotatable bonds is 4. The predicted molar refractivity (Wildman–Crippen MR) is 147 cm³/mol. The molecule has 1 spiro atoms. The number of likely N-dealkylation sites (N-methyl/N-ethyl adjacent to an activating group) is 1. The molecular formula is C29H36N4O6S+2. The quantitative estimate of drug-likeness (QED) is 0.427. The Kier molecular flexibility index (Phi) is 5.23. The van der Waals surface area contributed by atoms with Gasteiger partial charge in [-0.15, -0.1) is 0 Å². The van der Waals surface area contributed by atoms with Crippen LogP contribution in [0.25, 0.3) is 10.8 Å². The van der Waals surface area contributed by atoms with Crippen molar-refractivity contribution in [2.24, 2.45) is 11.8 Å². The molecule has 2 N–H and O–H groups in total. The molecule has 0 saturated carbocycles. The number of carboxylic acid groups (broad SMARTS) is 1. The minimum Gasteiger partial charge on any atom is -0.477 e. The number of aliphatic carboxylic acids is 1. The Balaban J connectivity index is 1.32. The number of amides is 1. The summed E-state index contributed by atoms with van der Waals surface area (Å²) in [6.45, 7) is 9.29. The molecule has 2 saturated heterocycles. The number of sulfonamides is 1. The second-order valence-corrected chi connectivity index (χ2v) is 15.0. The maximum absolute atomic E-state index is 14.0. The van der Waals surface area contributed by atoms with Gasteiger partial charge in [0.15, 0.2) is 0 Å². The number of anilines is 1. The summed E-state index contributed by atoms with van der Waals surface area (Å²) in [5.74, 6) is -2.79. The first-order chi connectivity index (χ1) is 18.8. The Morgan fingerprint density at radius 1 is 1.15 bits per heavy atom. The number of carboxylic acids is 1. The van der Waals surface area contributed by atoms with Crippen LogP contribution in [0.2, 0.25) is 0 Å². The first-order valence-electron chi connectivity index (χ1n) is 14.0. The molecule has 5 aliphatic rings. The topological polar surface area (TPSA) is 115 Å². The number of aliphatic hydroxyl groups excluding tert-OH is 1. The third kappa shape index (κ3) is 3.29. The SMILES string of the molecule is C[C@@H](O)[C@H]1C(=O)N2C(C(=O)O)=C(CN3c4cc5c(c6cccc(c46)S3(=O)=O)C[N+]3(CC[N+](C)(C)CC3)C5)[C@H](C)[C@H]12. The largest absolute Gasteiger partial charge is 0.477 e. The number of hydrogen-bond acceptors (Lipinski definition) is 5.